The number of nitrogens with one attached hydrogen (secondary N) is 2. The molecule has 0 heterocycles. The van der Waals surface area contributed by atoms with Crippen LogP contribution in [0.5, 0.6) is 0 Å². The minimum absolute atomic E-state index is 0.0145. The second kappa shape index (κ2) is 91.5. The first-order valence-corrected chi connectivity index (χ1v) is 57.0. The highest BCUT2D eigenvalue weighted by atomic mass is 16.6. The molecule has 0 saturated carbocycles. The van der Waals surface area contributed by atoms with E-state index in [4.69, 9.17) is 18.9 Å². The molecule has 2 atom stereocenters. The molecule has 0 bridgehead atoms. The van der Waals surface area contributed by atoms with Crippen LogP contribution in [-0.4, -0.2) is 121 Å². The first-order chi connectivity index (χ1) is 62.2. The van der Waals surface area contributed by atoms with Gasteiger partial charge in [-0.15, -0.1) is 0 Å². The quantitative estimate of drug-likeness (QED) is 0.0336. The van der Waals surface area contributed by atoms with Gasteiger partial charge in [0.1, 0.15) is 24.4 Å². The van der Waals surface area contributed by atoms with Crippen molar-refractivity contribution in [1.82, 2.24) is 20.4 Å². The number of hydrogen-bond donors (Lipinski definition) is 2. The van der Waals surface area contributed by atoms with Crippen molar-refractivity contribution in [2.75, 3.05) is 39.3 Å². The number of amides is 2. The van der Waals surface area contributed by atoms with Crippen molar-refractivity contribution in [1.29, 1.82) is 0 Å². The predicted molar refractivity (Wildman–Crippen MR) is 550 cm³/mol. The number of nitrogens with zero attached hydrogens (tertiary/aromatic N) is 2. The molecule has 0 rings (SSSR count). The molecule has 0 aliphatic heterocycles. The van der Waals surface area contributed by atoms with E-state index in [0.717, 1.165) is 257 Å². The van der Waals surface area contributed by atoms with Crippen LogP contribution in [0.1, 0.15) is 611 Å². The van der Waals surface area contributed by atoms with E-state index in [1.165, 1.54) is 257 Å². The summed E-state index contributed by atoms with van der Waals surface area (Å²) in [6.07, 6.45) is 89.2. The second-order valence-electron chi connectivity index (χ2n) is 41.7. The van der Waals surface area contributed by atoms with Gasteiger partial charge in [0, 0.05) is 50.9 Å². The number of hydrogen-bond acceptors (Lipinski definition) is 12. The third-order valence-corrected chi connectivity index (χ3v) is 27.9. The molecule has 0 radical (unpaired) electrons. The highest BCUT2D eigenvalue weighted by Gasteiger charge is 2.33. The maximum Gasteiger partial charge on any atom is 0.311 e. The molecule has 0 aromatic heterocycles. The summed E-state index contributed by atoms with van der Waals surface area (Å²) in [4.78, 5) is 87.0. The van der Waals surface area contributed by atoms with Gasteiger partial charge in [0.15, 0.2) is 0 Å². The van der Waals surface area contributed by atoms with Crippen molar-refractivity contribution in [2.45, 2.75) is 647 Å². The van der Waals surface area contributed by atoms with Crippen LogP contribution >= 0.6 is 0 Å². The summed E-state index contributed by atoms with van der Waals surface area (Å²) in [5.74, 6) is -0.294. The first-order valence-electron chi connectivity index (χ1n) is 57.0. The van der Waals surface area contributed by atoms with E-state index < -0.39 is 10.8 Å². The Balaban J connectivity index is 6.18. The number of carbonyl (C=O) groups excluding carboxylic acids is 6. The van der Waals surface area contributed by atoms with Gasteiger partial charge in [0.25, 0.3) is 0 Å². The molecule has 0 spiro atoms. The second-order valence-corrected chi connectivity index (χ2v) is 41.7. The number of carbonyl (C=O) groups is 6. The van der Waals surface area contributed by atoms with Crippen molar-refractivity contribution in [3.8, 4) is 0 Å². The fourth-order valence-electron chi connectivity index (χ4n) is 18.6. The van der Waals surface area contributed by atoms with Gasteiger partial charge in [-0.25, -0.2) is 0 Å². The smallest absolute Gasteiger partial charge is 0.311 e. The normalized spacial score (nSPS) is 12.6. The monoisotopic (exact) mass is 1810 g/mol. The van der Waals surface area contributed by atoms with Crippen LogP contribution in [-0.2, 0) is 47.7 Å². The number of unbranched alkanes of at least 4 members (excludes halogenated alkanes) is 54. The van der Waals surface area contributed by atoms with Gasteiger partial charge < -0.3 is 29.6 Å². The number of rotatable bonds is 101. The predicted octanol–water partition coefficient (Wildman–Crippen LogP) is 33.7. The lowest BCUT2D eigenvalue weighted by molar-refractivity contribution is -0.161. The Morgan fingerprint density at radius 1 is 0.227 bits per heavy atom. The zero-order valence-corrected chi connectivity index (χ0v) is 88.3. The average Bonchev–Trinajstić information content (AvgIpc) is 0.887. The molecule has 2 unspecified atom stereocenters. The Hall–Kier alpha value is -3.26. The van der Waals surface area contributed by atoms with E-state index in [1.54, 1.807) is 0 Å². The summed E-state index contributed by atoms with van der Waals surface area (Å²) >= 11 is 0. The van der Waals surface area contributed by atoms with Crippen LogP contribution in [0.4, 0.5) is 0 Å². The first kappa shape index (κ1) is 125. The number of esters is 4. The van der Waals surface area contributed by atoms with E-state index in [-0.39, 0.29) is 85.0 Å². The molecule has 2 N–H and O–H groups in total. The van der Waals surface area contributed by atoms with Gasteiger partial charge in [-0.2, -0.15) is 0 Å². The molecule has 14 heteroatoms. The van der Waals surface area contributed by atoms with Crippen molar-refractivity contribution in [2.24, 2.45) is 10.8 Å². The zero-order valence-electron chi connectivity index (χ0n) is 88.3. The summed E-state index contributed by atoms with van der Waals surface area (Å²) in [7, 11) is 0. The lowest BCUT2D eigenvalue weighted by atomic mass is 9.86. The largest absolute Gasteiger partial charge is 0.462 e. The van der Waals surface area contributed by atoms with Gasteiger partial charge in [0.2, 0.25) is 11.8 Å². The summed E-state index contributed by atoms with van der Waals surface area (Å²) in [5.41, 5.74) is -1.06. The molecule has 0 aromatic carbocycles. The third kappa shape index (κ3) is 79.0. The van der Waals surface area contributed by atoms with E-state index >= 15 is 0 Å². The molecule has 14 nitrogen and oxygen atoms in total. The summed E-state index contributed by atoms with van der Waals surface area (Å²) in [6, 6.07) is 0.218. The molecule has 0 aliphatic rings. The Morgan fingerprint density at radius 3 is 0.625 bits per heavy atom. The molecule has 758 valence electrons. The highest BCUT2D eigenvalue weighted by Crippen LogP contribution is 2.32. The van der Waals surface area contributed by atoms with Crippen LogP contribution < -0.4 is 10.6 Å². The van der Waals surface area contributed by atoms with Crippen LogP contribution in [0.3, 0.4) is 0 Å². The van der Waals surface area contributed by atoms with Crippen molar-refractivity contribution in [3.05, 3.63) is 0 Å². The summed E-state index contributed by atoms with van der Waals surface area (Å²) in [6.45, 7) is 35.7. The van der Waals surface area contributed by atoms with Gasteiger partial charge in [-0.05, 0) is 222 Å². The Kier molecular flexibility index (Phi) is 89.2. The molecular formula is C114H222N4O10. The van der Waals surface area contributed by atoms with Crippen molar-refractivity contribution in [3.63, 3.8) is 0 Å². The van der Waals surface area contributed by atoms with Crippen LogP contribution in [0, 0.1) is 10.8 Å². The molecule has 2 amide bonds. The molecule has 0 aliphatic carbocycles. The van der Waals surface area contributed by atoms with Crippen LogP contribution in [0.25, 0.3) is 0 Å². The van der Waals surface area contributed by atoms with Crippen LogP contribution in [0.2, 0.25) is 0 Å². The lowest BCUT2D eigenvalue weighted by Gasteiger charge is -2.30. The highest BCUT2D eigenvalue weighted by molar-refractivity contribution is 5.83. The lowest BCUT2D eigenvalue weighted by Crippen LogP contribution is -2.44. The van der Waals surface area contributed by atoms with Crippen molar-refractivity contribution < 1.29 is 47.7 Å². The molecule has 0 fully saturated rings. The Labute approximate surface area is 796 Å². The standard InChI is InChI=1S/C114H222N4O10/c1-15-23-31-39-49-65-81-103(82-66-50-40-32-24-16-2)125-109(121)89-73-57-47-61-77-95-117(96-78-62-48-58-74-90-110(122)126-104(83-67-51-41-33-25-17-3)84-68-52-42-34-26-18-4)101(9)99-115-107(119)91-92-108(120)116-100-102(10)118(97-79-63-59-75-93-113(11,12)111(123)127-105(85-69-53-43-35-27-19-5)86-70-54-44-36-28-20-6)98-80-64-60-76-94-114(13,14)112(124)128-106(87-71-55-45-37-29-21-7)88-72-56-46-38-30-22-8/h101-106H,15-100H2,1-14H3,(H,115,119)(H,116,120). The summed E-state index contributed by atoms with van der Waals surface area (Å²) in [5, 5.41) is 6.48. The SMILES string of the molecule is CCCCCCCCC(CCCCCCCC)OC(=O)CCCCCCCN(CCCCCCCC(=O)OC(CCCCCCCC)CCCCCCCC)C(C)CNC(=O)CCC(=O)NCC(C)N(CCCCCCC(C)(C)C(=O)OC(CCCCCCCC)CCCCCCCC)CCCCCCC(C)(C)C(=O)OC(CCCCCCCC)CCCCCCCC. The number of ether oxygens (including phenoxy) is 4. The van der Waals surface area contributed by atoms with Crippen LogP contribution in [0.15, 0.2) is 0 Å². The minimum Gasteiger partial charge on any atom is -0.462 e. The van der Waals surface area contributed by atoms with E-state index in [1.807, 2.05) is 0 Å². The maximum absolute atomic E-state index is 14.0. The van der Waals surface area contributed by atoms with Gasteiger partial charge in [-0.1, -0.05) is 389 Å². The van der Waals surface area contributed by atoms with E-state index in [0.29, 0.717) is 25.9 Å². The fraction of sp³-hybridized carbons (Fsp3) is 0.947. The van der Waals surface area contributed by atoms with E-state index in [9.17, 15) is 28.8 Å². The molecule has 128 heavy (non-hydrogen) atoms. The zero-order chi connectivity index (χ0) is 94.1. The van der Waals surface area contributed by atoms with E-state index in [2.05, 4.69) is 117 Å². The maximum atomic E-state index is 14.0. The molecule has 0 saturated heterocycles. The fourth-order valence-corrected chi connectivity index (χ4v) is 18.6. The van der Waals surface area contributed by atoms with Crippen molar-refractivity contribution >= 4 is 35.7 Å². The Bertz CT molecular complexity index is 2260. The Morgan fingerprint density at radius 2 is 0.406 bits per heavy atom. The minimum atomic E-state index is -0.530. The third-order valence-electron chi connectivity index (χ3n) is 27.9. The molecular weight excluding hydrogens is 1590 g/mol. The van der Waals surface area contributed by atoms with Gasteiger partial charge >= 0.3 is 23.9 Å². The average molecular weight is 1810 g/mol. The molecule has 0 aromatic rings. The summed E-state index contributed by atoms with van der Waals surface area (Å²) < 4.78 is 25.3. The topological polar surface area (TPSA) is 170 Å². The van der Waals surface area contributed by atoms with Gasteiger partial charge in [-0.3, -0.25) is 38.6 Å². The van der Waals surface area contributed by atoms with Gasteiger partial charge in [0.05, 0.1) is 10.8 Å².